The summed E-state index contributed by atoms with van der Waals surface area (Å²) in [6.45, 7) is 6.82. The molecule has 0 aromatic carbocycles. The van der Waals surface area contributed by atoms with Gasteiger partial charge >= 0.3 is 0 Å². The van der Waals surface area contributed by atoms with Crippen LogP contribution in [0, 0.1) is 5.41 Å². The van der Waals surface area contributed by atoms with Crippen LogP contribution in [0.15, 0.2) is 4.99 Å². The van der Waals surface area contributed by atoms with Gasteiger partial charge in [-0.2, -0.15) is 0 Å². The molecule has 6 heteroatoms. The Kier molecular flexibility index (Phi) is 7.82. The van der Waals surface area contributed by atoms with E-state index in [-0.39, 0.29) is 11.3 Å². The fourth-order valence-corrected chi connectivity index (χ4v) is 3.07. The first-order chi connectivity index (χ1) is 10.8. The molecule has 1 fully saturated rings. The number of nitrogens with one attached hydrogen (secondary N) is 2. The largest absolute Gasteiger partial charge is 0.355 e. The quantitative estimate of drug-likeness (QED) is 0.544. The van der Waals surface area contributed by atoms with Crippen LogP contribution in [0.3, 0.4) is 0 Å². The zero-order valence-corrected chi connectivity index (χ0v) is 15.8. The van der Waals surface area contributed by atoms with Crippen LogP contribution in [0.25, 0.3) is 0 Å². The Morgan fingerprint density at radius 1 is 1.17 bits per heavy atom. The molecule has 23 heavy (non-hydrogen) atoms. The molecule has 1 aliphatic rings. The third-order valence-corrected chi connectivity index (χ3v) is 4.88. The van der Waals surface area contributed by atoms with Crippen molar-refractivity contribution in [2.75, 3.05) is 47.8 Å². The number of rotatable bonds is 7. The zero-order valence-electron chi connectivity index (χ0n) is 15.8. The highest BCUT2D eigenvalue weighted by molar-refractivity contribution is 5.85. The van der Waals surface area contributed by atoms with Crippen LogP contribution in [0.2, 0.25) is 0 Å². The molecule has 0 aromatic rings. The van der Waals surface area contributed by atoms with Crippen LogP contribution in [-0.4, -0.2) is 75.5 Å². The van der Waals surface area contributed by atoms with Crippen molar-refractivity contribution in [2.45, 2.75) is 45.6 Å². The van der Waals surface area contributed by atoms with Crippen molar-refractivity contribution in [3.8, 4) is 0 Å². The van der Waals surface area contributed by atoms with Gasteiger partial charge < -0.3 is 20.4 Å². The highest BCUT2D eigenvalue weighted by Crippen LogP contribution is 2.38. The van der Waals surface area contributed by atoms with E-state index >= 15 is 0 Å². The smallest absolute Gasteiger partial charge is 0.230 e. The van der Waals surface area contributed by atoms with Gasteiger partial charge in [-0.3, -0.25) is 9.79 Å². The zero-order chi connectivity index (χ0) is 17.5. The summed E-state index contributed by atoms with van der Waals surface area (Å²) in [6, 6.07) is 0.534. The molecule has 1 amide bonds. The Labute approximate surface area is 141 Å². The normalized spacial score (nSPS) is 17.7. The minimum atomic E-state index is -0.268. The fourth-order valence-electron chi connectivity index (χ4n) is 3.07. The van der Waals surface area contributed by atoms with E-state index in [1.54, 1.807) is 11.9 Å². The second kappa shape index (κ2) is 9.11. The van der Waals surface area contributed by atoms with Crippen molar-refractivity contribution in [3.05, 3.63) is 0 Å². The molecular formula is C17H35N5O. The Morgan fingerprint density at radius 2 is 1.78 bits per heavy atom. The number of likely N-dealkylation sites (N-methyl/N-ethyl adjacent to an activating group) is 1. The summed E-state index contributed by atoms with van der Waals surface area (Å²) in [5.41, 5.74) is -0.268. The van der Waals surface area contributed by atoms with Gasteiger partial charge in [-0.05, 0) is 33.7 Å². The average Bonchev–Trinajstić information content (AvgIpc) is 2.99. The molecule has 1 rings (SSSR count). The first-order valence-electron chi connectivity index (χ1n) is 8.69. The van der Waals surface area contributed by atoms with Crippen molar-refractivity contribution in [1.29, 1.82) is 0 Å². The van der Waals surface area contributed by atoms with Gasteiger partial charge in [0.1, 0.15) is 0 Å². The maximum absolute atomic E-state index is 12.6. The van der Waals surface area contributed by atoms with E-state index in [1.807, 2.05) is 14.1 Å². The number of carbonyl (C=O) groups is 1. The SMILES string of the molecule is CN=C(NCCN(C)C(C)C)NCC1(C(=O)N(C)C)CCCC1. The van der Waals surface area contributed by atoms with Crippen molar-refractivity contribution >= 4 is 11.9 Å². The van der Waals surface area contributed by atoms with Gasteiger partial charge in [0.05, 0.1) is 5.41 Å². The highest BCUT2D eigenvalue weighted by Gasteiger charge is 2.42. The Hall–Kier alpha value is -1.30. The van der Waals surface area contributed by atoms with E-state index in [2.05, 4.69) is 41.4 Å². The predicted octanol–water partition coefficient (Wildman–Crippen LogP) is 1.14. The molecule has 0 aromatic heterocycles. The lowest BCUT2D eigenvalue weighted by atomic mass is 9.84. The summed E-state index contributed by atoms with van der Waals surface area (Å²) >= 11 is 0. The predicted molar refractivity (Wildman–Crippen MR) is 96.7 cm³/mol. The third-order valence-electron chi connectivity index (χ3n) is 4.88. The van der Waals surface area contributed by atoms with Gasteiger partial charge in [0.25, 0.3) is 0 Å². The van der Waals surface area contributed by atoms with Crippen molar-refractivity contribution in [3.63, 3.8) is 0 Å². The minimum absolute atomic E-state index is 0.234. The van der Waals surface area contributed by atoms with E-state index in [1.165, 1.54) is 0 Å². The van der Waals surface area contributed by atoms with Gasteiger partial charge in [-0.1, -0.05) is 12.8 Å². The fraction of sp³-hybridized carbons (Fsp3) is 0.882. The lowest BCUT2D eigenvalue weighted by molar-refractivity contribution is -0.138. The first kappa shape index (κ1) is 19.7. The van der Waals surface area contributed by atoms with Gasteiger partial charge in [0, 0.05) is 46.8 Å². The molecule has 0 radical (unpaired) electrons. The average molecular weight is 326 g/mol. The van der Waals surface area contributed by atoms with Crippen molar-refractivity contribution < 1.29 is 4.79 Å². The number of carbonyl (C=O) groups excluding carboxylic acids is 1. The molecule has 1 saturated carbocycles. The molecule has 6 nitrogen and oxygen atoms in total. The van der Waals surface area contributed by atoms with E-state index in [4.69, 9.17) is 0 Å². The molecule has 0 bridgehead atoms. The van der Waals surface area contributed by atoms with Crippen LogP contribution >= 0.6 is 0 Å². The monoisotopic (exact) mass is 325 g/mol. The van der Waals surface area contributed by atoms with Gasteiger partial charge in [-0.15, -0.1) is 0 Å². The molecule has 0 unspecified atom stereocenters. The Balaban J connectivity index is 2.50. The number of guanidine groups is 1. The van der Waals surface area contributed by atoms with Crippen molar-refractivity contribution in [2.24, 2.45) is 10.4 Å². The van der Waals surface area contributed by atoms with Gasteiger partial charge in [0.2, 0.25) is 5.91 Å². The van der Waals surface area contributed by atoms with Crippen LogP contribution in [0.1, 0.15) is 39.5 Å². The Bertz CT molecular complexity index is 400. The van der Waals surface area contributed by atoms with Crippen LogP contribution < -0.4 is 10.6 Å². The third kappa shape index (κ3) is 5.68. The number of hydrogen-bond donors (Lipinski definition) is 2. The molecule has 0 saturated heterocycles. The minimum Gasteiger partial charge on any atom is -0.355 e. The molecule has 0 heterocycles. The molecule has 1 aliphatic carbocycles. The summed E-state index contributed by atoms with van der Waals surface area (Å²) in [4.78, 5) is 20.9. The summed E-state index contributed by atoms with van der Waals surface area (Å²) in [6.07, 6.45) is 4.19. The standard InChI is InChI=1S/C17H35N5O/c1-14(2)22(6)12-11-19-16(18-3)20-13-17(9-7-8-10-17)15(23)21(4)5/h14H,7-13H2,1-6H3,(H2,18,19,20). The summed E-state index contributed by atoms with van der Waals surface area (Å²) < 4.78 is 0. The van der Waals surface area contributed by atoms with Crippen LogP contribution in [-0.2, 0) is 4.79 Å². The topological polar surface area (TPSA) is 60.0 Å². The number of hydrogen-bond acceptors (Lipinski definition) is 3. The summed E-state index contributed by atoms with van der Waals surface area (Å²) in [7, 11) is 7.58. The number of amides is 1. The van der Waals surface area contributed by atoms with Crippen LogP contribution in [0.5, 0.6) is 0 Å². The molecule has 0 atom stereocenters. The summed E-state index contributed by atoms with van der Waals surface area (Å²) in [5, 5.41) is 6.70. The lowest BCUT2D eigenvalue weighted by Crippen LogP contribution is -2.50. The second-order valence-corrected chi connectivity index (χ2v) is 7.11. The lowest BCUT2D eigenvalue weighted by Gasteiger charge is -2.31. The molecule has 0 aliphatic heterocycles. The second-order valence-electron chi connectivity index (χ2n) is 7.11. The molecular weight excluding hydrogens is 290 g/mol. The summed E-state index contributed by atoms with van der Waals surface area (Å²) in [5.74, 6) is 1.01. The van der Waals surface area contributed by atoms with Gasteiger partial charge in [-0.25, -0.2) is 0 Å². The van der Waals surface area contributed by atoms with Gasteiger partial charge in [0.15, 0.2) is 5.96 Å². The van der Waals surface area contributed by atoms with E-state index in [0.717, 1.165) is 44.7 Å². The maximum Gasteiger partial charge on any atom is 0.230 e. The molecule has 0 spiro atoms. The molecule has 134 valence electrons. The maximum atomic E-state index is 12.6. The molecule has 2 N–H and O–H groups in total. The highest BCUT2D eigenvalue weighted by atomic mass is 16.2. The van der Waals surface area contributed by atoms with E-state index < -0.39 is 0 Å². The van der Waals surface area contributed by atoms with E-state index in [9.17, 15) is 4.79 Å². The first-order valence-corrected chi connectivity index (χ1v) is 8.69. The number of aliphatic imine (C=N–C) groups is 1. The number of nitrogens with zero attached hydrogens (tertiary/aromatic N) is 3. The van der Waals surface area contributed by atoms with Crippen molar-refractivity contribution in [1.82, 2.24) is 20.4 Å². The van der Waals surface area contributed by atoms with Crippen LogP contribution in [0.4, 0.5) is 0 Å². The van der Waals surface area contributed by atoms with E-state index in [0.29, 0.717) is 12.6 Å². The Morgan fingerprint density at radius 3 is 2.26 bits per heavy atom.